The van der Waals surface area contributed by atoms with Crippen molar-refractivity contribution in [1.29, 1.82) is 0 Å². The molecule has 0 spiro atoms. The number of para-hydroxylation sites is 1. The molecule has 0 amide bonds. The summed E-state index contributed by atoms with van der Waals surface area (Å²) < 4.78 is 7.57. The van der Waals surface area contributed by atoms with E-state index in [0.717, 1.165) is 29.7 Å². The Balaban J connectivity index is 1.45. The number of phenolic OH excluding ortho intramolecular Hbond substituents is 1. The quantitative estimate of drug-likeness (QED) is 0.340. The highest BCUT2D eigenvalue weighted by molar-refractivity contribution is 5.85. The number of nitrogens with zero attached hydrogens (tertiary/aromatic N) is 3. The van der Waals surface area contributed by atoms with Crippen LogP contribution in [0.5, 0.6) is 11.5 Å². The van der Waals surface area contributed by atoms with Crippen LogP contribution in [0.25, 0.3) is 33.4 Å². The molecule has 4 aromatic rings. The van der Waals surface area contributed by atoms with Crippen molar-refractivity contribution in [2.45, 2.75) is 51.1 Å². The molecule has 1 saturated carbocycles. The zero-order chi connectivity index (χ0) is 26.1. The summed E-state index contributed by atoms with van der Waals surface area (Å²) >= 11 is 0. The summed E-state index contributed by atoms with van der Waals surface area (Å²) in [5.74, 6) is 1.96. The number of hydrogen-bond acceptors (Lipinski definition) is 5. The van der Waals surface area contributed by atoms with E-state index in [9.17, 15) is 9.90 Å². The highest BCUT2D eigenvalue weighted by Crippen LogP contribution is 2.33. The Labute approximate surface area is 223 Å². The molecule has 6 nitrogen and oxygen atoms in total. The van der Waals surface area contributed by atoms with E-state index in [0.29, 0.717) is 41.0 Å². The predicted molar refractivity (Wildman–Crippen MR) is 152 cm³/mol. The Morgan fingerprint density at radius 3 is 2.58 bits per heavy atom. The number of piperidine rings is 1. The van der Waals surface area contributed by atoms with Crippen molar-refractivity contribution in [3.8, 4) is 34.0 Å². The molecule has 1 aliphatic heterocycles. The number of hydrogen-bond donors (Lipinski definition) is 1. The molecule has 1 saturated heterocycles. The van der Waals surface area contributed by atoms with E-state index in [-0.39, 0.29) is 11.3 Å². The first-order valence-electron chi connectivity index (χ1n) is 13.8. The summed E-state index contributed by atoms with van der Waals surface area (Å²) in [4.78, 5) is 21.9. The summed E-state index contributed by atoms with van der Waals surface area (Å²) in [6, 6.07) is 21.4. The molecular formula is C32H35N3O3. The van der Waals surface area contributed by atoms with E-state index >= 15 is 0 Å². The Kier molecular flexibility index (Phi) is 6.90. The fourth-order valence-corrected chi connectivity index (χ4v) is 6.40. The number of methoxy groups -OCH3 is 1. The van der Waals surface area contributed by atoms with Crippen LogP contribution in [0.1, 0.15) is 38.5 Å². The molecular weight excluding hydrogens is 474 g/mol. The molecule has 1 unspecified atom stereocenters. The Morgan fingerprint density at radius 1 is 0.947 bits per heavy atom. The topological polar surface area (TPSA) is 67.6 Å². The van der Waals surface area contributed by atoms with Crippen molar-refractivity contribution >= 4 is 10.9 Å². The average Bonchev–Trinajstić information content (AvgIpc) is 3.50. The third-order valence-electron chi connectivity index (χ3n) is 8.31. The minimum absolute atomic E-state index is 0.0316. The van der Waals surface area contributed by atoms with Gasteiger partial charge in [-0.05, 0) is 85.7 Å². The number of fused-ring (bicyclic) bond motifs is 1. The minimum atomic E-state index is -0.0316. The van der Waals surface area contributed by atoms with E-state index in [1.807, 2.05) is 59.2 Å². The Morgan fingerprint density at radius 2 is 1.76 bits per heavy atom. The fourth-order valence-electron chi connectivity index (χ4n) is 6.40. The normalized spacial score (nSPS) is 18.7. The van der Waals surface area contributed by atoms with Gasteiger partial charge in [0, 0.05) is 19.1 Å². The maximum atomic E-state index is 14.2. The van der Waals surface area contributed by atoms with Crippen molar-refractivity contribution in [2.75, 3.05) is 20.2 Å². The molecule has 2 aliphatic rings. The highest BCUT2D eigenvalue weighted by Gasteiger charge is 2.29. The van der Waals surface area contributed by atoms with Gasteiger partial charge >= 0.3 is 0 Å². The molecule has 2 heterocycles. The molecule has 3 aromatic carbocycles. The molecule has 0 radical (unpaired) electrons. The van der Waals surface area contributed by atoms with Crippen LogP contribution in [-0.2, 0) is 6.54 Å². The Bertz CT molecular complexity index is 1510. The van der Waals surface area contributed by atoms with Crippen LogP contribution in [0.15, 0.2) is 71.5 Å². The lowest BCUT2D eigenvalue weighted by Crippen LogP contribution is -2.43. The van der Waals surface area contributed by atoms with Gasteiger partial charge in [0.25, 0.3) is 5.56 Å². The first-order valence-corrected chi connectivity index (χ1v) is 13.8. The lowest BCUT2D eigenvalue weighted by molar-refractivity contribution is 0.116. The second-order valence-electron chi connectivity index (χ2n) is 10.8. The molecule has 196 valence electrons. The molecule has 38 heavy (non-hydrogen) atoms. The summed E-state index contributed by atoms with van der Waals surface area (Å²) in [6.45, 7) is 2.83. The van der Waals surface area contributed by atoms with Crippen LogP contribution in [0.3, 0.4) is 0 Å². The molecule has 2 fully saturated rings. The summed E-state index contributed by atoms with van der Waals surface area (Å²) in [5.41, 5.74) is 3.21. The number of benzene rings is 3. The number of aromatic hydroxyl groups is 1. The lowest BCUT2D eigenvalue weighted by Gasteiger charge is -2.37. The second-order valence-corrected chi connectivity index (χ2v) is 10.8. The highest BCUT2D eigenvalue weighted by atomic mass is 16.5. The van der Waals surface area contributed by atoms with E-state index in [1.165, 1.54) is 38.6 Å². The van der Waals surface area contributed by atoms with Gasteiger partial charge in [-0.25, -0.2) is 4.98 Å². The van der Waals surface area contributed by atoms with Gasteiger partial charge < -0.3 is 14.7 Å². The van der Waals surface area contributed by atoms with Gasteiger partial charge in [-0.2, -0.15) is 0 Å². The zero-order valence-electron chi connectivity index (χ0n) is 22.0. The Hall–Kier alpha value is -3.64. The number of likely N-dealkylation sites (tertiary alicyclic amines) is 1. The van der Waals surface area contributed by atoms with Crippen LogP contribution in [0, 0.1) is 5.92 Å². The first kappa shape index (κ1) is 24.7. The molecule has 0 bridgehead atoms. The van der Waals surface area contributed by atoms with Gasteiger partial charge in [-0.3, -0.25) is 9.36 Å². The molecule has 1 N–H and O–H groups in total. The van der Waals surface area contributed by atoms with E-state index in [2.05, 4.69) is 4.90 Å². The van der Waals surface area contributed by atoms with Crippen molar-refractivity contribution < 1.29 is 9.84 Å². The van der Waals surface area contributed by atoms with E-state index in [4.69, 9.17) is 9.72 Å². The van der Waals surface area contributed by atoms with E-state index in [1.54, 1.807) is 19.2 Å². The number of aromatic nitrogens is 2. The molecule has 1 aliphatic carbocycles. The van der Waals surface area contributed by atoms with Crippen molar-refractivity contribution in [2.24, 2.45) is 5.92 Å². The van der Waals surface area contributed by atoms with E-state index < -0.39 is 0 Å². The van der Waals surface area contributed by atoms with Crippen molar-refractivity contribution in [3.63, 3.8) is 0 Å². The number of ether oxygens (including phenoxy) is 1. The fraction of sp³-hybridized carbons (Fsp3) is 0.375. The first-order chi connectivity index (χ1) is 18.6. The second kappa shape index (κ2) is 10.6. The molecule has 6 heteroatoms. The smallest absolute Gasteiger partial charge is 0.261 e. The number of rotatable bonds is 6. The third-order valence-corrected chi connectivity index (χ3v) is 8.31. The average molecular weight is 510 g/mol. The SMILES string of the molecule is COc1ccccc1-c1nc2ccc(-c3cccc(O)c3)cc2c(=O)n1CC1CCCN(C2CCCC2)C1. The predicted octanol–water partition coefficient (Wildman–Crippen LogP) is 6.10. The van der Waals surface area contributed by atoms with Crippen LogP contribution < -0.4 is 10.3 Å². The third kappa shape index (κ3) is 4.81. The molecule has 1 aromatic heterocycles. The van der Waals surface area contributed by atoms with Gasteiger partial charge in [0.2, 0.25) is 0 Å². The molecule has 6 rings (SSSR count). The van der Waals surface area contributed by atoms with Gasteiger partial charge in [0.05, 0.1) is 23.6 Å². The van der Waals surface area contributed by atoms with Crippen LogP contribution in [0.4, 0.5) is 0 Å². The summed E-state index contributed by atoms with van der Waals surface area (Å²) in [7, 11) is 1.66. The van der Waals surface area contributed by atoms with Crippen LogP contribution in [-0.4, -0.2) is 45.8 Å². The standard InChI is InChI=1S/C32H35N3O3/c1-38-30-14-5-4-13-27(30)31-33-29-16-15-24(23-9-6-12-26(36)18-23)19-28(29)32(37)35(31)21-22-8-7-17-34(20-22)25-10-2-3-11-25/h4-6,9,12-16,18-19,22,25,36H,2-3,7-8,10-11,17,20-21H2,1H3. The molecule has 1 atom stereocenters. The summed E-state index contributed by atoms with van der Waals surface area (Å²) in [5, 5.41) is 10.6. The van der Waals surface area contributed by atoms with Gasteiger partial charge in [-0.1, -0.05) is 43.2 Å². The van der Waals surface area contributed by atoms with Gasteiger partial charge in [0.1, 0.15) is 17.3 Å². The van der Waals surface area contributed by atoms with Crippen LogP contribution in [0.2, 0.25) is 0 Å². The minimum Gasteiger partial charge on any atom is -0.508 e. The largest absolute Gasteiger partial charge is 0.508 e. The zero-order valence-corrected chi connectivity index (χ0v) is 22.0. The maximum Gasteiger partial charge on any atom is 0.261 e. The maximum absolute atomic E-state index is 14.2. The van der Waals surface area contributed by atoms with Gasteiger partial charge in [-0.15, -0.1) is 0 Å². The monoisotopic (exact) mass is 509 g/mol. The summed E-state index contributed by atoms with van der Waals surface area (Å²) in [6.07, 6.45) is 7.55. The lowest BCUT2D eigenvalue weighted by atomic mass is 9.95. The van der Waals surface area contributed by atoms with Crippen LogP contribution >= 0.6 is 0 Å². The van der Waals surface area contributed by atoms with Gasteiger partial charge in [0.15, 0.2) is 0 Å². The number of phenols is 1. The van der Waals surface area contributed by atoms with Crippen molar-refractivity contribution in [3.05, 3.63) is 77.1 Å². The van der Waals surface area contributed by atoms with Crippen molar-refractivity contribution in [1.82, 2.24) is 14.5 Å².